The Morgan fingerprint density at radius 2 is 1.60 bits per heavy atom. The Hall–Kier alpha value is -3.61. The lowest BCUT2D eigenvalue weighted by molar-refractivity contribution is 0.0902. The van der Waals surface area contributed by atoms with Gasteiger partial charge in [-0.1, -0.05) is 48.5 Å². The summed E-state index contributed by atoms with van der Waals surface area (Å²) in [6.45, 7) is -0.316. The molecule has 0 unspecified atom stereocenters. The quantitative estimate of drug-likeness (QED) is 0.364. The molecule has 0 amide bonds. The summed E-state index contributed by atoms with van der Waals surface area (Å²) < 4.78 is 5.61. The summed E-state index contributed by atoms with van der Waals surface area (Å²) in [6.07, 6.45) is 6.50. The molecule has 0 radical (unpaired) electrons. The first kappa shape index (κ1) is 23.1. The van der Waals surface area contributed by atoms with Gasteiger partial charge >= 0.3 is 0 Å². The van der Waals surface area contributed by atoms with Crippen LogP contribution in [0, 0.1) is 11.8 Å². The van der Waals surface area contributed by atoms with Crippen molar-refractivity contribution < 1.29 is 19.7 Å². The molecule has 0 atom stereocenters. The van der Waals surface area contributed by atoms with Crippen molar-refractivity contribution in [2.24, 2.45) is 11.8 Å². The Kier molecular flexibility index (Phi) is 6.57. The third kappa shape index (κ3) is 4.55. The zero-order valence-electron chi connectivity index (χ0n) is 19.6. The molecule has 1 saturated carbocycles. The van der Waals surface area contributed by atoms with Gasteiger partial charge in [0.2, 0.25) is 0 Å². The van der Waals surface area contributed by atoms with Crippen molar-refractivity contribution in [3.63, 3.8) is 0 Å². The molecule has 1 aliphatic carbocycles. The van der Waals surface area contributed by atoms with Gasteiger partial charge in [-0.05, 0) is 53.9 Å². The molecule has 2 heterocycles. The van der Waals surface area contributed by atoms with Crippen LogP contribution in [0.15, 0.2) is 67.0 Å². The molecule has 6 heteroatoms. The third-order valence-corrected chi connectivity index (χ3v) is 6.93. The van der Waals surface area contributed by atoms with Crippen LogP contribution in [0.2, 0.25) is 0 Å². The number of aromatic nitrogens is 2. The van der Waals surface area contributed by atoms with E-state index >= 15 is 0 Å². The van der Waals surface area contributed by atoms with E-state index in [-0.39, 0.29) is 0 Å². The van der Waals surface area contributed by atoms with E-state index in [1.165, 1.54) is 12.7 Å². The number of methoxy groups -OCH3 is 1. The minimum Gasteiger partial charge on any atom is -0.494 e. The van der Waals surface area contributed by atoms with E-state index in [1.807, 2.05) is 24.3 Å². The summed E-state index contributed by atoms with van der Waals surface area (Å²) in [6, 6.07) is 18.4. The summed E-state index contributed by atoms with van der Waals surface area (Å²) in [5, 5.41) is 19.3. The molecule has 1 fully saturated rings. The van der Waals surface area contributed by atoms with Crippen LogP contribution >= 0.6 is 0 Å². The summed E-state index contributed by atoms with van der Waals surface area (Å²) >= 11 is 0. The predicted molar refractivity (Wildman–Crippen MR) is 135 cm³/mol. The molecule has 0 bridgehead atoms. The van der Waals surface area contributed by atoms with E-state index < -0.39 is 12.4 Å². The van der Waals surface area contributed by atoms with Gasteiger partial charge < -0.3 is 14.9 Å². The van der Waals surface area contributed by atoms with Gasteiger partial charge in [0.1, 0.15) is 12.3 Å². The minimum atomic E-state index is -0.624. The molecule has 2 N–H and O–H groups in total. The van der Waals surface area contributed by atoms with Crippen LogP contribution in [0.1, 0.15) is 28.8 Å². The van der Waals surface area contributed by atoms with Gasteiger partial charge in [0.25, 0.3) is 0 Å². The Labute approximate surface area is 204 Å². The Bertz CT molecular complexity index is 1340. The molecular formula is C29H28N2O4. The molecule has 4 aromatic rings. The normalized spacial score (nSPS) is 17.2. The van der Waals surface area contributed by atoms with Gasteiger partial charge in [0, 0.05) is 30.0 Å². The minimum absolute atomic E-state index is 0.291. The summed E-state index contributed by atoms with van der Waals surface area (Å²) in [7, 11) is 1.50. The Morgan fingerprint density at radius 3 is 2.23 bits per heavy atom. The number of nitrogens with zero attached hydrogens (tertiary/aromatic N) is 2. The first-order chi connectivity index (χ1) is 17.1. The largest absolute Gasteiger partial charge is 0.494 e. The molecular weight excluding hydrogens is 440 g/mol. The standard InChI is InChI=1S/C29H28N2O4/c1-35-29-27(26(34)17-33)24-15-30-11-10-25(24)31-28(29)23-8-6-22(7-9-23)21-4-2-18(3-5-21)12-19-13-20(14-19)16-32/h2-11,15,19-20,32-33H,12-14,16-17H2,1H3. The zero-order chi connectivity index (χ0) is 24.4. The number of benzene rings is 2. The van der Waals surface area contributed by atoms with E-state index in [2.05, 4.69) is 29.2 Å². The second kappa shape index (κ2) is 9.94. The van der Waals surface area contributed by atoms with E-state index in [0.717, 1.165) is 36.0 Å². The summed E-state index contributed by atoms with van der Waals surface area (Å²) in [4.78, 5) is 21.4. The fourth-order valence-electron chi connectivity index (χ4n) is 5.02. The van der Waals surface area contributed by atoms with Crippen molar-refractivity contribution in [2.75, 3.05) is 20.3 Å². The molecule has 6 nitrogen and oxygen atoms in total. The third-order valence-electron chi connectivity index (χ3n) is 6.93. The number of ether oxygens (including phenoxy) is 1. The van der Waals surface area contributed by atoms with Crippen LogP contribution in [-0.4, -0.2) is 46.3 Å². The number of hydrogen-bond acceptors (Lipinski definition) is 6. The number of ketones is 1. The van der Waals surface area contributed by atoms with Crippen molar-refractivity contribution in [1.82, 2.24) is 9.97 Å². The van der Waals surface area contributed by atoms with E-state index in [1.54, 1.807) is 18.5 Å². The number of carbonyl (C=O) groups is 1. The van der Waals surface area contributed by atoms with Crippen LogP contribution in [-0.2, 0) is 6.42 Å². The number of hydrogen-bond donors (Lipinski definition) is 2. The first-order valence-electron chi connectivity index (χ1n) is 11.9. The number of fused-ring (bicyclic) bond motifs is 1. The van der Waals surface area contributed by atoms with Crippen molar-refractivity contribution in [3.8, 4) is 28.1 Å². The van der Waals surface area contributed by atoms with Gasteiger partial charge in [-0.2, -0.15) is 0 Å². The average Bonchev–Trinajstić information content (AvgIpc) is 2.89. The highest BCUT2D eigenvalue weighted by Gasteiger charge is 2.28. The van der Waals surface area contributed by atoms with Crippen LogP contribution in [0.5, 0.6) is 5.75 Å². The van der Waals surface area contributed by atoms with Gasteiger partial charge in [0.15, 0.2) is 11.5 Å². The monoisotopic (exact) mass is 468 g/mol. The second-order valence-corrected chi connectivity index (χ2v) is 9.21. The van der Waals surface area contributed by atoms with Crippen molar-refractivity contribution in [2.45, 2.75) is 19.3 Å². The zero-order valence-corrected chi connectivity index (χ0v) is 19.6. The van der Waals surface area contributed by atoms with E-state index in [9.17, 15) is 15.0 Å². The number of Topliss-reactive ketones (excluding diaryl/α,β-unsaturated/α-hetero) is 1. The maximum atomic E-state index is 12.6. The second-order valence-electron chi connectivity index (χ2n) is 9.21. The maximum absolute atomic E-state index is 12.6. The highest BCUT2D eigenvalue weighted by Crippen LogP contribution is 2.38. The van der Waals surface area contributed by atoms with Crippen LogP contribution in [0.3, 0.4) is 0 Å². The van der Waals surface area contributed by atoms with Gasteiger partial charge in [0.05, 0.1) is 18.2 Å². The van der Waals surface area contributed by atoms with Crippen LogP contribution < -0.4 is 4.74 Å². The molecule has 2 aromatic carbocycles. The number of pyridine rings is 2. The molecule has 0 spiro atoms. The van der Waals surface area contributed by atoms with E-state index in [0.29, 0.717) is 46.4 Å². The highest BCUT2D eigenvalue weighted by atomic mass is 16.5. The Balaban J connectivity index is 1.43. The maximum Gasteiger partial charge on any atom is 0.192 e. The first-order valence-corrected chi connectivity index (χ1v) is 11.9. The lowest BCUT2D eigenvalue weighted by Crippen LogP contribution is -2.27. The van der Waals surface area contributed by atoms with Crippen molar-refractivity contribution in [3.05, 3.63) is 78.1 Å². The fourth-order valence-corrected chi connectivity index (χ4v) is 5.02. The fraction of sp³-hybridized carbons (Fsp3) is 0.276. The number of rotatable bonds is 8. The van der Waals surface area contributed by atoms with Gasteiger partial charge in [-0.25, -0.2) is 4.98 Å². The molecule has 5 rings (SSSR count). The van der Waals surface area contributed by atoms with Gasteiger partial charge in [-0.3, -0.25) is 9.78 Å². The number of aliphatic hydroxyl groups is 2. The Morgan fingerprint density at radius 1 is 0.943 bits per heavy atom. The van der Waals surface area contributed by atoms with Gasteiger partial charge in [-0.15, -0.1) is 0 Å². The highest BCUT2D eigenvalue weighted by molar-refractivity contribution is 6.11. The summed E-state index contributed by atoms with van der Waals surface area (Å²) in [5.74, 6) is 1.07. The van der Waals surface area contributed by atoms with Crippen LogP contribution in [0.25, 0.3) is 33.3 Å². The molecule has 178 valence electrons. The van der Waals surface area contributed by atoms with Crippen molar-refractivity contribution in [1.29, 1.82) is 0 Å². The van der Waals surface area contributed by atoms with Crippen LogP contribution in [0.4, 0.5) is 0 Å². The molecule has 2 aromatic heterocycles. The number of carbonyl (C=O) groups excluding carboxylic acids is 1. The predicted octanol–water partition coefficient (Wildman–Crippen LogP) is 4.71. The lowest BCUT2D eigenvalue weighted by Gasteiger charge is -2.34. The smallest absolute Gasteiger partial charge is 0.192 e. The summed E-state index contributed by atoms with van der Waals surface area (Å²) in [5.41, 5.74) is 5.81. The SMILES string of the molecule is COc1c(-c2ccc(-c3ccc(CC4CC(CO)C4)cc3)cc2)nc2ccncc2c1C(=O)CO. The molecule has 0 aliphatic heterocycles. The topological polar surface area (TPSA) is 92.5 Å². The van der Waals surface area contributed by atoms with Crippen molar-refractivity contribution >= 4 is 16.7 Å². The lowest BCUT2D eigenvalue weighted by atomic mass is 9.72. The average molecular weight is 469 g/mol. The van der Waals surface area contributed by atoms with E-state index in [4.69, 9.17) is 9.72 Å². The molecule has 35 heavy (non-hydrogen) atoms. The molecule has 1 aliphatic rings. The molecule has 0 saturated heterocycles. The number of aliphatic hydroxyl groups excluding tert-OH is 2.